The monoisotopic (exact) mass is 366 g/mol. The summed E-state index contributed by atoms with van der Waals surface area (Å²) in [5, 5.41) is 10.0. The van der Waals surface area contributed by atoms with Crippen LogP contribution in [0.4, 0.5) is 0 Å². The average molecular weight is 367 g/mol. The topological polar surface area (TPSA) is 72.2 Å². The highest BCUT2D eigenvalue weighted by atomic mass is 35.5. The maximum Gasteiger partial charge on any atom is 0.347 e. The third-order valence-corrected chi connectivity index (χ3v) is 4.08. The van der Waals surface area contributed by atoms with Crippen LogP contribution in [0.2, 0.25) is 5.15 Å². The molecule has 26 heavy (non-hydrogen) atoms. The predicted molar refractivity (Wildman–Crippen MR) is 97.8 cm³/mol. The summed E-state index contributed by atoms with van der Waals surface area (Å²) in [6, 6.07) is 17.9. The van der Waals surface area contributed by atoms with E-state index in [9.17, 15) is 4.79 Å². The van der Waals surface area contributed by atoms with Crippen molar-refractivity contribution < 1.29 is 14.3 Å². The standard InChI is InChI=1S/C20H15ClN2O3/c1-13(26-17-8-6-14(11-22)7-9-17)20(24)25-12-16-10-15-4-2-3-5-18(15)23-19(16)21/h2-10,13H,12H2,1H3/t13-/m0/s1. The molecule has 2 aromatic carbocycles. The van der Waals surface area contributed by atoms with E-state index in [2.05, 4.69) is 4.98 Å². The van der Waals surface area contributed by atoms with Crippen LogP contribution in [0.15, 0.2) is 54.6 Å². The Hall–Kier alpha value is -3.10. The second kappa shape index (κ2) is 7.85. The first-order chi connectivity index (χ1) is 12.6. The Labute approximate surface area is 155 Å². The molecule has 1 atom stereocenters. The summed E-state index contributed by atoms with van der Waals surface area (Å²) in [5.74, 6) is -0.0301. The highest BCUT2D eigenvalue weighted by Crippen LogP contribution is 2.21. The molecule has 0 aliphatic rings. The van der Waals surface area contributed by atoms with E-state index in [-0.39, 0.29) is 6.61 Å². The van der Waals surface area contributed by atoms with Gasteiger partial charge in [-0.1, -0.05) is 29.8 Å². The molecule has 0 radical (unpaired) electrons. The molecule has 130 valence electrons. The van der Waals surface area contributed by atoms with Crippen molar-refractivity contribution in [2.45, 2.75) is 19.6 Å². The molecule has 6 heteroatoms. The first-order valence-corrected chi connectivity index (χ1v) is 8.32. The van der Waals surface area contributed by atoms with Crippen molar-refractivity contribution in [2.24, 2.45) is 0 Å². The summed E-state index contributed by atoms with van der Waals surface area (Å²) in [6.07, 6.45) is -0.796. The number of halogens is 1. The number of carbonyl (C=O) groups is 1. The van der Waals surface area contributed by atoms with Gasteiger partial charge in [-0.3, -0.25) is 0 Å². The van der Waals surface area contributed by atoms with E-state index in [0.29, 0.717) is 22.0 Å². The molecule has 0 aliphatic carbocycles. The molecule has 0 aliphatic heterocycles. The lowest BCUT2D eigenvalue weighted by Crippen LogP contribution is -2.26. The summed E-state index contributed by atoms with van der Waals surface area (Å²) in [5.41, 5.74) is 1.93. The van der Waals surface area contributed by atoms with Crippen LogP contribution >= 0.6 is 11.6 Å². The highest BCUT2D eigenvalue weighted by Gasteiger charge is 2.17. The molecule has 3 rings (SSSR count). The van der Waals surface area contributed by atoms with Gasteiger partial charge >= 0.3 is 5.97 Å². The van der Waals surface area contributed by atoms with Gasteiger partial charge in [0, 0.05) is 10.9 Å². The van der Waals surface area contributed by atoms with Gasteiger partial charge < -0.3 is 9.47 Å². The zero-order chi connectivity index (χ0) is 18.5. The number of esters is 1. The minimum absolute atomic E-state index is 0.0105. The van der Waals surface area contributed by atoms with Crippen LogP contribution in [-0.4, -0.2) is 17.1 Å². The minimum atomic E-state index is -0.796. The Kier molecular flexibility index (Phi) is 5.35. The Balaban J connectivity index is 1.62. The van der Waals surface area contributed by atoms with E-state index in [1.54, 1.807) is 31.2 Å². The molecule has 5 nitrogen and oxygen atoms in total. The fraction of sp³-hybridized carbons (Fsp3) is 0.150. The maximum absolute atomic E-state index is 12.2. The number of carbonyl (C=O) groups excluding carboxylic acids is 1. The Morgan fingerprint density at radius 3 is 2.69 bits per heavy atom. The van der Waals surface area contributed by atoms with Crippen LogP contribution in [0.25, 0.3) is 10.9 Å². The smallest absolute Gasteiger partial charge is 0.347 e. The fourth-order valence-corrected chi connectivity index (χ4v) is 2.56. The number of nitriles is 1. The van der Waals surface area contributed by atoms with Crippen molar-refractivity contribution in [3.63, 3.8) is 0 Å². The summed E-state index contributed by atoms with van der Waals surface area (Å²) in [6.45, 7) is 1.61. The molecular formula is C20H15ClN2O3. The molecule has 0 fully saturated rings. The normalized spacial score (nSPS) is 11.6. The van der Waals surface area contributed by atoms with Gasteiger partial charge in [-0.25, -0.2) is 9.78 Å². The molecular weight excluding hydrogens is 352 g/mol. The quantitative estimate of drug-likeness (QED) is 0.498. The lowest BCUT2D eigenvalue weighted by atomic mass is 10.2. The second-order valence-corrected chi connectivity index (χ2v) is 5.99. The van der Waals surface area contributed by atoms with E-state index in [1.807, 2.05) is 36.4 Å². The molecule has 0 amide bonds. The lowest BCUT2D eigenvalue weighted by molar-refractivity contribution is -0.152. The number of hydrogen-bond acceptors (Lipinski definition) is 5. The zero-order valence-corrected chi connectivity index (χ0v) is 14.7. The van der Waals surface area contributed by atoms with Crippen molar-refractivity contribution in [1.29, 1.82) is 5.26 Å². The van der Waals surface area contributed by atoms with Gasteiger partial charge in [0.15, 0.2) is 6.10 Å². The van der Waals surface area contributed by atoms with E-state index in [1.165, 1.54) is 0 Å². The van der Waals surface area contributed by atoms with Crippen LogP contribution < -0.4 is 4.74 Å². The molecule has 3 aromatic rings. The Bertz CT molecular complexity index is 981. The second-order valence-electron chi connectivity index (χ2n) is 5.63. The fourth-order valence-electron chi connectivity index (χ4n) is 2.36. The zero-order valence-electron chi connectivity index (χ0n) is 14.0. The number of ether oxygens (including phenoxy) is 2. The SMILES string of the molecule is C[C@H](Oc1ccc(C#N)cc1)C(=O)OCc1cc2ccccc2nc1Cl. The highest BCUT2D eigenvalue weighted by molar-refractivity contribution is 6.30. The van der Waals surface area contributed by atoms with Crippen molar-refractivity contribution >= 4 is 28.5 Å². The Morgan fingerprint density at radius 2 is 1.96 bits per heavy atom. The van der Waals surface area contributed by atoms with Gasteiger partial charge in [0.1, 0.15) is 17.5 Å². The van der Waals surface area contributed by atoms with Crippen molar-refractivity contribution in [1.82, 2.24) is 4.98 Å². The van der Waals surface area contributed by atoms with Crippen LogP contribution in [0, 0.1) is 11.3 Å². The van der Waals surface area contributed by atoms with Gasteiger partial charge in [-0.2, -0.15) is 5.26 Å². The van der Waals surface area contributed by atoms with Crippen LogP contribution in [0.5, 0.6) is 5.75 Å². The van der Waals surface area contributed by atoms with Crippen molar-refractivity contribution in [3.8, 4) is 11.8 Å². The van der Waals surface area contributed by atoms with Crippen LogP contribution in [0.3, 0.4) is 0 Å². The van der Waals surface area contributed by atoms with Crippen LogP contribution in [-0.2, 0) is 16.1 Å². The van der Waals surface area contributed by atoms with Gasteiger partial charge in [-0.15, -0.1) is 0 Å². The first kappa shape index (κ1) is 17.7. The molecule has 1 aromatic heterocycles. The molecule has 1 heterocycles. The number of rotatable bonds is 5. The van der Waals surface area contributed by atoms with Gasteiger partial charge in [0.2, 0.25) is 0 Å². The molecule has 0 unspecified atom stereocenters. The molecule has 0 saturated carbocycles. The largest absolute Gasteiger partial charge is 0.479 e. The third-order valence-electron chi connectivity index (χ3n) is 3.75. The summed E-state index contributed by atoms with van der Waals surface area (Å²) in [4.78, 5) is 16.5. The predicted octanol–water partition coefficient (Wildman–Crippen LogP) is 4.27. The number of fused-ring (bicyclic) bond motifs is 1. The summed E-state index contributed by atoms with van der Waals surface area (Å²) < 4.78 is 10.8. The number of benzene rings is 2. The van der Waals surface area contributed by atoms with E-state index in [0.717, 1.165) is 10.9 Å². The Morgan fingerprint density at radius 1 is 1.23 bits per heavy atom. The van der Waals surface area contributed by atoms with E-state index in [4.69, 9.17) is 26.3 Å². The number of nitrogens with zero attached hydrogens (tertiary/aromatic N) is 2. The third kappa shape index (κ3) is 4.11. The number of aromatic nitrogens is 1. The van der Waals surface area contributed by atoms with Crippen LogP contribution in [0.1, 0.15) is 18.1 Å². The van der Waals surface area contributed by atoms with E-state index >= 15 is 0 Å². The summed E-state index contributed by atoms with van der Waals surface area (Å²) in [7, 11) is 0. The first-order valence-electron chi connectivity index (χ1n) is 7.94. The van der Waals surface area contributed by atoms with E-state index < -0.39 is 12.1 Å². The van der Waals surface area contributed by atoms with Crippen molar-refractivity contribution in [2.75, 3.05) is 0 Å². The average Bonchev–Trinajstić information content (AvgIpc) is 2.66. The number of pyridine rings is 1. The van der Waals surface area contributed by atoms with Gasteiger partial charge in [0.05, 0.1) is 17.1 Å². The lowest BCUT2D eigenvalue weighted by Gasteiger charge is -2.14. The molecule has 0 bridgehead atoms. The van der Waals surface area contributed by atoms with Crippen molar-refractivity contribution in [3.05, 3.63) is 70.9 Å². The maximum atomic E-state index is 12.2. The minimum Gasteiger partial charge on any atom is -0.479 e. The molecule has 0 saturated heterocycles. The summed E-state index contributed by atoms with van der Waals surface area (Å²) >= 11 is 6.16. The van der Waals surface area contributed by atoms with Gasteiger partial charge in [0.25, 0.3) is 0 Å². The molecule has 0 spiro atoms. The molecule has 0 N–H and O–H groups in total. The number of hydrogen-bond donors (Lipinski definition) is 0. The van der Waals surface area contributed by atoms with Gasteiger partial charge in [-0.05, 0) is 43.3 Å². The number of para-hydroxylation sites is 1.